The number of rotatable bonds is 0. The maximum Gasteiger partial charge on any atom is 0.0738 e. The van der Waals surface area contributed by atoms with Crippen LogP contribution in [0.4, 0.5) is 0 Å². The lowest BCUT2D eigenvalue weighted by Gasteiger charge is -2.12. The average molecular weight is 113 g/mol. The molecule has 0 aromatic heterocycles. The van der Waals surface area contributed by atoms with E-state index in [1.54, 1.807) is 0 Å². The molecule has 2 heteroatoms. The van der Waals surface area contributed by atoms with Crippen LogP contribution in [-0.2, 0) is 0 Å². The summed E-state index contributed by atoms with van der Waals surface area (Å²) >= 11 is 0. The minimum Gasteiger partial charge on any atom is -0.391 e. The average Bonchev–Trinajstić information content (AvgIpc) is 1.77. The van der Waals surface area contributed by atoms with E-state index in [2.05, 4.69) is 4.99 Å². The van der Waals surface area contributed by atoms with E-state index < -0.39 is 0 Å². The highest BCUT2D eigenvalue weighted by Crippen LogP contribution is 2.05. The van der Waals surface area contributed by atoms with Crippen LogP contribution in [0.3, 0.4) is 0 Å². The smallest absolute Gasteiger partial charge is 0.0738 e. The maximum absolute atomic E-state index is 8.92. The number of aliphatic hydroxyl groups is 1. The molecule has 0 aliphatic carbocycles. The number of aliphatic imine (C=N–C) groups is 1. The van der Waals surface area contributed by atoms with Crippen LogP contribution in [0.25, 0.3) is 0 Å². The van der Waals surface area contributed by atoms with E-state index in [1.165, 1.54) is 5.71 Å². The Morgan fingerprint density at radius 1 is 1.75 bits per heavy atom. The number of nitrogens with zero attached hydrogens (tertiary/aromatic N) is 1. The summed E-state index contributed by atoms with van der Waals surface area (Å²) < 4.78 is 0. The summed E-state index contributed by atoms with van der Waals surface area (Å²) in [5.41, 5.74) is 1.18. The lowest BCUT2D eigenvalue weighted by atomic mass is 10.1. The Balaban J connectivity index is 2.42. The molecule has 8 heavy (non-hydrogen) atoms. The zero-order valence-corrected chi connectivity index (χ0v) is 5.09. The van der Waals surface area contributed by atoms with Crippen molar-refractivity contribution in [3.05, 3.63) is 0 Å². The predicted molar refractivity (Wildman–Crippen MR) is 33.2 cm³/mol. The lowest BCUT2D eigenvalue weighted by Crippen LogP contribution is -2.18. The summed E-state index contributed by atoms with van der Waals surface area (Å²) in [6.07, 6.45) is 1.70. The molecule has 1 unspecified atom stereocenters. The van der Waals surface area contributed by atoms with Gasteiger partial charge in [-0.25, -0.2) is 0 Å². The second-order valence-electron chi connectivity index (χ2n) is 2.27. The molecule has 1 aliphatic rings. The molecule has 0 fully saturated rings. The van der Waals surface area contributed by atoms with Crippen molar-refractivity contribution in [2.45, 2.75) is 25.9 Å². The second-order valence-corrected chi connectivity index (χ2v) is 2.27. The van der Waals surface area contributed by atoms with Gasteiger partial charge in [0.15, 0.2) is 0 Å². The molecule has 1 heterocycles. The van der Waals surface area contributed by atoms with Crippen molar-refractivity contribution in [1.82, 2.24) is 0 Å². The topological polar surface area (TPSA) is 32.6 Å². The quantitative estimate of drug-likeness (QED) is 0.490. The molecule has 0 radical (unpaired) electrons. The summed E-state index contributed by atoms with van der Waals surface area (Å²) in [4.78, 5) is 4.08. The molecule has 1 rings (SSSR count). The van der Waals surface area contributed by atoms with Gasteiger partial charge in [0.05, 0.1) is 12.6 Å². The van der Waals surface area contributed by atoms with E-state index in [4.69, 9.17) is 5.11 Å². The molecule has 1 atom stereocenters. The van der Waals surface area contributed by atoms with E-state index >= 15 is 0 Å². The van der Waals surface area contributed by atoms with Crippen LogP contribution >= 0.6 is 0 Å². The number of aliphatic hydroxyl groups excluding tert-OH is 1. The van der Waals surface area contributed by atoms with Gasteiger partial charge in [0.2, 0.25) is 0 Å². The van der Waals surface area contributed by atoms with Crippen molar-refractivity contribution < 1.29 is 5.11 Å². The zero-order valence-electron chi connectivity index (χ0n) is 5.09. The molecule has 0 saturated heterocycles. The van der Waals surface area contributed by atoms with Gasteiger partial charge in [0.25, 0.3) is 0 Å². The summed E-state index contributed by atoms with van der Waals surface area (Å²) in [6, 6.07) is 0. The van der Waals surface area contributed by atoms with Gasteiger partial charge in [-0.05, 0) is 19.8 Å². The molecule has 0 aromatic carbocycles. The van der Waals surface area contributed by atoms with E-state index in [1.807, 2.05) is 6.92 Å². The van der Waals surface area contributed by atoms with Gasteiger partial charge >= 0.3 is 0 Å². The summed E-state index contributed by atoms with van der Waals surface area (Å²) in [6.45, 7) is 2.62. The minimum absolute atomic E-state index is 0.168. The largest absolute Gasteiger partial charge is 0.391 e. The molecular weight excluding hydrogens is 102 g/mol. The minimum atomic E-state index is -0.168. The van der Waals surface area contributed by atoms with E-state index in [0.717, 1.165) is 12.8 Å². The first-order valence-electron chi connectivity index (χ1n) is 2.97. The first-order valence-corrected chi connectivity index (χ1v) is 2.97. The van der Waals surface area contributed by atoms with Gasteiger partial charge in [-0.15, -0.1) is 0 Å². The molecule has 1 aliphatic heterocycles. The Hall–Kier alpha value is -0.370. The maximum atomic E-state index is 8.92. The van der Waals surface area contributed by atoms with Crippen LogP contribution < -0.4 is 0 Å². The molecule has 2 nitrogen and oxygen atoms in total. The fourth-order valence-electron chi connectivity index (χ4n) is 0.807. The number of hydrogen-bond acceptors (Lipinski definition) is 2. The molecule has 0 saturated carbocycles. The Morgan fingerprint density at radius 3 is 2.88 bits per heavy atom. The molecule has 0 amide bonds. The first-order chi connectivity index (χ1) is 3.79. The lowest BCUT2D eigenvalue weighted by molar-refractivity contribution is 0.171. The van der Waals surface area contributed by atoms with E-state index in [0.29, 0.717) is 6.54 Å². The molecule has 0 bridgehead atoms. The second kappa shape index (κ2) is 2.27. The van der Waals surface area contributed by atoms with Crippen LogP contribution in [0, 0.1) is 0 Å². The van der Waals surface area contributed by atoms with Gasteiger partial charge in [0.1, 0.15) is 0 Å². The molecule has 46 valence electrons. The van der Waals surface area contributed by atoms with Crippen molar-refractivity contribution in [1.29, 1.82) is 0 Å². The van der Waals surface area contributed by atoms with Crippen molar-refractivity contribution in [3.63, 3.8) is 0 Å². The Kier molecular flexibility index (Phi) is 1.63. The fourth-order valence-corrected chi connectivity index (χ4v) is 0.807. The monoisotopic (exact) mass is 113 g/mol. The zero-order chi connectivity index (χ0) is 5.98. The highest BCUT2D eigenvalue weighted by Gasteiger charge is 2.08. The SMILES string of the molecule is CC1=NCC(O)CC1. The Morgan fingerprint density at radius 2 is 2.50 bits per heavy atom. The van der Waals surface area contributed by atoms with Crippen LogP contribution in [0.2, 0.25) is 0 Å². The third-order valence-corrected chi connectivity index (χ3v) is 1.41. The summed E-state index contributed by atoms with van der Waals surface area (Å²) in [5, 5.41) is 8.92. The van der Waals surface area contributed by atoms with Gasteiger partial charge in [-0.2, -0.15) is 0 Å². The van der Waals surface area contributed by atoms with Gasteiger partial charge < -0.3 is 5.11 Å². The van der Waals surface area contributed by atoms with Crippen molar-refractivity contribution in [2.24, 2.45) is 4.99 Å². The number of hydrogen-bond donors (Lipinski definition) is 1. The van der Waals surface area contributed by atoms with E-state index in [-0.39, 0.29) is 6.10 Å². The third kappa shape index (κ3) is 1.30. The van der Waals surface area contributed by atoms with Crippen molar-refractivity contribution in [3.8, 4) is 0 Å². The van der Waals surface area contributed by atoms with Gasteiger partial charge in [-0.1, -0.05) is 0 Å². The van der Waals surface area contributed by atoms with Crippen LogP contribution in [0.5, 0.6) is 0 Å². The Bertz CT molecular complexity index is 109. The molecule has 1 N–H and O–H groups in total. The predicted octanol–water partition coefficient (Wildman–Crippen LogP) is 0.602. The highest BCUT2D eigenvalue weighted by molar-refractivity contribution is 5.82. The standard InChI is InChI=1S/C6H11NO/c1-5-2-3-6(8)4-7-5/h6,8H,2-4H2,1H3. The first kappa shape index (κ1) is 5.76. The molecule has 0 aromatic rings. The van der Waals surface area contributed by atoms with Crippen LogP contribution in [-0.4, -0.2) is 23.5 Å². The van der Waals surface area contributed by atoms with Crippen molar-refractivity contribution >= 4 is 5.71 Å². The van der Waals surface area contributed by atoms with Crippen molar-refractivity contribution in [2.75, 3.05) is 6.54 Å². The third-order valence-electron chi connectivity index (χ3n) is 1.41. The summed E-state index contributed by atoms with van der Waals surface area (Å²) in [7, 11) is 0. The fraction of sp³-hybridized carbons (Fsp3) is 0.833. The Labute approximate surface area is 49.2 Å². The summed E-state index contributed by atoms with van der Waals surface area (Å²) in [5.74, 6) is 0. The van der Waals surface area contributed by atoms with Crippen LogP contribution in [0.15, 0.2) is 4.99 Å². The van der Waals surface area contributed by atoms with E-state index in [9.17, 15) is 0 Å². The van der Waals surface area contributed by atoms with Gasteiger partial charge in [0, 0.05) is 5.71 Å². The normalized spacial score (nSPS) is 29.8. The van der Waals surface area contributed by atoms with Gasteiger partial charge in [-0.3, -0.25) is 4.99 Å². The molecule has 0 spiro atoms. The highest BCUT2D eigenvalue weighted by atomic mass is 16.3. The molecular formula is C6H11NO. The van der Waals surface area contributed by atoms with Crippen LogP contribution in [0.1, 0.15) is 19.8 Å².